The standard InChI is InChI=1S/C50H44O7/c1-48(2,3)57-47(52)54-36-16-14-30-24-43-45(26-32(30)22-36)55-44-25-31-21-35(53-27-46(51)56-49(4)34-18-28-17-33(20-34)41(49)19-28)15-13-29(31)23-42(44)50(43)39-11-7-5-9-37(39)38-10-6-8-12-40(38)50/h5-16,21-26,28,33-34,41H,17-20,27H2,1-4H3. The number of hydrogen-bond acceptors (Lipinski definition) is 7. The zero-order valence-electron chi connectivity index (χ0n) is 32.6. The molecule has 5 atom stereocenters. The van der Waals surface area contributed by atoms with Crippen LogP contribution in [0.1, 0.15) is 75.6 Å². The van der Waals surface area contributed by atoms with Gasteiger partial charge in [0.1, 0.15) is 34.2 Å². The first kappa shape index (κ1) is 34.4. The molecular weight excluding hydrogens is 713 g/mol. The molecule has 1 heterocycles. The third-order valence-electron chi connectivity index (χ3n) is 13.6. The predicted molar refractivity (Wildman–Crippen MR) is 218 cm³/mol. The van der Waals surface area contributed by atoms with E-state index in [1.54, 1.807) is 26.8 Å². The molecule has 5 aliphatic carbocycles. The van der Waals surface area contributed by atoms with Crippen molar-refractivity contribution in [3.63, 3.8) is 0 Å². The van der Waals surface area contributed by atoms with E-state index in [0.29, 0.717) is 35.0 Å². The van der Waals surface area contributed by atoms with E-state index < -0.39 is 17.2 Å². The molecule has 0 amide bonds. The number of ether oxygens (including phenoxy) is 5. The van der Waals surface area contributed by atoms with Gasteiger partial charge in [0.05, 0.1) is 5.41 Å². The van der Waals surface area contributed by atoms with E-state index in [-0.39, 0.29) is 18.2 Å². The molecule has 286 valence electrons. The minimum absolute atomic E-state index is 0.132. The monoisotopic (exact) mass is 756 g/mol. The van der Waals surface area contributed by atoms with Gasteiger partial charge < -0.3 is 23.7 Å². The Morgan fingerprint density at radius 3 is 1.93 bits per heavy atom. The molecule has 1 aliphatic heterocycles. The van der Waals surface area contributed by atoms with Gasteiger partial charge in [0.25, 0.3) is 0 Å². The Labute approximate surface area is 331 Å². The van der Waals surface area contributed by atoms with Crippen LogP contribution in [0, 0.1) is 23.7 Å². The lowest BCUT2D eigenvalue weighted by molar-refractivity contribution is -0.173. The molecule has 0 aromatic heterocycles. The number of esters is 1. The molecule has 6 aromatic rings. The minimum Gasteiger partial charge on any atom is -0.482 e. The van der Waals surface area contributed by atoms with Crippen LogP contribution >= 0.6 is 0 Å². The number of rotatable bonds is 5. The highest BCUT2D eigenvalue weighted by atomic mass is 16.7. The molecule has 4 fully saturated rings. The Morgan fingerprint density at radius 2 is 1.30 bits per heavy atom. The molecule has 6 aromatic carbocycles. The summed E-state index contributed by atoms with van der Waals surface area (Å²) in [5.41, 5.74) is 5.13. The van der Waals surface area contributed by atoms with Crippen LogP contribution in [0.15, 0.2) is 109 Å². The molecule has 12 rings (SSSR count). The van der Waals surface area contributed by atoms with Crippen molar-refractivity contribution in [3.8, 4) is 34.1 Å². The van der Waals surface area contributed by atoms with E-state index in [1.165, 1.54) is 47.9 Å². The summed E-state index contributed by atoms with van der Waals surface area (Å²) in [7, 11) is 0. The highest BCUT2D eigenvalue weighted by Gasteiger charge is 2.62. The minimum atomic E-state index is -0.753. The molecule has 0 radical (unpaired) electrons. The largest absolute Gasteiger partial charge is 0.514 e. The number of benzene rings is 6. The van der Waals surface area contributed by atoms with Crippen LogP contribution in [0.3, 0.4) is 0 Å². The van der Waals surface area contributed by atoms with E-state index in [2.05, 4.69) is 79.7 Å². The molecule has 57 heavy (non-hydrogen) atoms. The van der Waals surface area contributed by atoms with E-state index in [9.17, 15) is 9.59 Å². The van der Waals surface area contributed by atoms with E-state index in [1.807, 2.05) is 30.3 Å². The van der Waals surface area contributed by atoms with Crippen molar-refractivity contribution in [1.82, 2.24) is 0 Å². The number of carbonyl (C=O) groups excluding carboxylic acids is 2. The van der Waals surface area contributed by atoms with Crippen LogP contribution < -0.4 is 14.2 Å². The van der Waals surface area contributed by atoms with Crippen LogP contribution in [-0.4, -0.2) is 29.9 Å². The van der Waals surface area contributed by atoms with Gasteiger partial charge in [-0.15, -0.1) is 0 Å². The topological polar surface area (TPSA) is 80.3 Å². The average Bonchev–Trinajstić information content (AvgIpc) is 3.71. The molecule has 0 N–H and O–H groups in total. The van der Waals surface area contributed by atoms with Crippen molar-refractivity contribution < 1.29 is 33.3 Å². The second kappa shape index (κ2) is 12.1. The Morgan fingerprint density at radius 1 is 0.684 bits per heavy atom. The summed E-state index contributed by atoms with van der Waals surface area (Å²) in [5.74, 6) is 4.60. The second-order valence-corrected chi connectivity index (χ2v) is 18.0. The molecule has 5 unspecified atom stereocenters. The van der Waals surface area contributed by atoms with Gasteiger partial charge >= 0.3 is 12.1 Å². The number of fused-ring (bicyclic) bond motifs is 11. The normalized spacial score (nSPS) is 24.1. The molecule has 7 nitrogen and oxygen atoms in total. The molecule has 7 heteroatoms. The third kappa shape index (κ3) is 5.23. The van der Waals surface area contributed by atoms with Crippen molar-refractivity contribution in [3.05, 3.63) is 131 Å². The fourth-order valence-corrected chi connectivity index (χ4v) is 11.5. The van der Waals surface area contributed by atoms with Crippen LogP contribution in [0.25, 0.3) is 32.7 Å². The fourth-order valence-electron chi connectivity index (χ4n) is 11.5. The van der Waals surface area contributed by atoms with Gasteiger partial charge in [-0.1, -0.05) is 60.7 Å². The van der Waals surface area contributed by atoms with Crippen molar-refractivity contribution in [2.24, 2.45) is 23.7 Å². The maximum absolute atomic E-state index is 13.3. The molecule has 4 bridgehead atoms. The lowest BCUT2D eigenvalue weighted by atomic mass is 9.65. The summed E-state index contributed by atoms with van der Waals surface area (Å²) >= 11 is 0. The van der Waals surface area contributed by atoms with Gasteiger partial charge in [-0.3, -0.25) is 0 Å². The Hall–Kier alpha value is -5.82. The first-order valence-corrected chi connectivity index (χ1v) is 20.3. The highest BCUT2D eigenvalue weighted by Crippen LogP contribution is 2.65. The molecule has 4 saturated carbocycles. The predicted octanol–water partition coefficient (Wildman–Crippen LogP) is 11.5. The van der Waals surface area contributed by atoms with Crippen LogP contribution in [0.4, 0.5) is 4.79 Å². The van der Waals surface area contributed by atoms with E-state index in [4.69, 9.17) is 23.7 Å². The van der Waals surface area contributed by atoms with Gasteiger partial charge in [0.2, 0.25) is 0 Å². The maximum atomic E-state index is 13.3. The Balaban J connectivity index is 0.975. The van der Waals surface area contributed by atoms with Gasteiger partial charge in [-0.2, -0.15) is 0 Å². The fraction of sp³-hybridized carbons (Fsp3) is 0.320. The van der Waals surface area contributed by atoms with E-state index >= 15 is 0 Å². The van der Waals surface area contributed by atoms with Gasteiger partial charge in [-0.25, -0.2) is 9.59 Å². The highest BCUT2D eigenvalue weighted by molar-refractivity contribution is 5.96. The van der Waals surface area contributed by atoms with Gasteiger partial charge in [0.15, 0.2) is 6.61 Å². The van der Waals surface area contributed by atoms with Crippen molar-refractivity contribution in [1.29, 1.82) is 0 Å². The number of hydrogen-bond donors (Lipinski definition) is 0. The lowest BCUT2D eigenvalue weighted by Gasteiger charge is -2.41. The van der Waals surface area contributed by atoms with Gasteiger partial charge in [0, 0.05) is 17.0 Å². The zero-order valence-corrected chi connectivity index (χ0v) is 32.6. The first-order valence-electron chi connectivity index (χ1n) is 20.3. The van der Waals surface area contributed by atoms with Crippen molar-refractivity contribution in [2.75, 3.05) is 6.61 Å². The molecule has 6 aliphatic rings. The SMILES string of the molecule is CC(C)(C)OC(=O)Oc1ccc2cc3c(cc2c1)Oc1cc2cc(OCC(=O)OC4(C)C5CC6CC(C5)C4C6)ccc2cc1C31c2ccccc2-c2ccccc21. The average molecular weight is 757 g/mol. The summed E-state index contributed by atoms with van der Waals surface area (Å²) in [6.45, 7) is 7.45. The summed E-state index contributed by atoms with van der Waals surface area (Å²) < 4.78 is 30.3. The molecule has 0 saturated heterocycles. The van der Waals surface area contributed by atoms with Gasteiger partial charge in [-0.05, 0) is 163 Å². The first-order chi connectivity index (χ1) is 27.5. The van der Waals surface area contributed by atoms with Crippen molar-refractivity contribution >= 4 is 33.7 Å². The summed E-state index contributed by atoms with van der Waals surface area (Å²) in [4.78, 5) is 25.8. The van der Waals surface area contributed by atoms with Crippen LogP contribution in [0.5, 0.6) is 23.0 Å². The third-order valence-corrected chi connectivity index (χ3v) is 13.6. The Bertz CT molecular complexity index is 2640. The Kier molecular flexibility index (Phi) is 7.30. The molecular formula is C50H44O7. The van der Waals surface area contributed by atoms with Crippen LogP contribution in [-0.2, 0) is 19.7 Å². The maximum Gasteiger partial charge on any atom is 0.514 e. The summed E-state index contributed by atoms with van der Waals surface area (Å²) in [6, 6.07) is 37.5. The summed E-state index contributed by atoms with van der Waals surface area (Å²) in [5, 5.41) is 3.82. The number of carbonyl (C=O) groups is 2. The lowest BCUT2D eigenvalue weighted by Crippen LogP contribution is -2.45. The zero-order chi connectivity index (χ0) is 38.8. The molecule has 1 spiro atoms. The second-order valence-electron chi connectivity index (χ2n) is 18.0. The van der Waals surface area contributed by atoms with Crippen LogP contribution in [0.2, 0.25) is 0 Å². The summed E-state index contributed by atoms with van der Waals surface area (Å²) in [6.07, 6.45) is 4.09. The van der Waals surface area contributed by atoms with Crippen molar-refractivity contribution in [2.45, 2.75) is 70.0 Å². The van der Waals surface area contributed by atoms with E-state index in [0.717, 1.165) is 44.3 Å². The quantitative estimate of drug-likeness (QED) is 0.128. The smallest absolute Gasteiger partial charge is 0.482 e.